The molecule has 1 saturated heterocycles. The number of nitrogens with one attached hydrogen (secondary N) is 2. The molecule has 0 saturated carbocycles. The van der Waals surface area contributed by atoms with Gasteiger partial charge in [-0.2, -0.15) is 0 Å². The van der Waals surface area contributed by atoms with Gasteiger partial charge >= 0.3 is 0 Å². The maximum atomic E-state index is 13.5. The highest BCUT2D eigenvalue weighted by atomic mass is 32.1. The SMILES string of the molecule is O=C(N[C@H]1CCN2C(=O)c3cc(-c4ccc5c(c4)OCO5)ccc3NC(=O)[C@@H]2C1)c1cccs1. The minimum atomic E-state index is -0.642. The van der Waals surface area contributed by atoms with Crippen molar-refractivity contribution in [3.63, 3.8) is 0 Å². The molecule has 3 aliphatic rings. The molecule has 8 nitrogen and oxygen atoms in total. The Bertz CT molecular complexity index is 1310. The van der Waals surface area contributed by atoms with Gasteiger partial charge in [-0.15, -0.1) is 11.3 Å². The summed E-state index contributed by atoms with van der Waals surface area (Å²) in [5.41, 5.74) is 2.68. The molecule has 4 heterocycles. The van der Waals surface area contributed by atoms with Gasteiger partial charge in [-0.05, 0) is 59.7 Å². The number of hydrogen-bond acceptors (Lipinski definition) is 6. The highest BCUT2D eigenvalue weighted by Gasteiger charge is 2.40. The van der Waals surface area contributed by atoms with Gasteiger partial charge in [0.05, 0.1) is 16.1 Å². The second-order valence-corrected chi connectivity index (χ2v) is 9.45. The molecular formula is C25H21N3O5S. The lowest BCUT2D eigenvalue weighted by atomic mass is 9.95. The molecule has 0 bridgehead atoms. The Hall–Kier alpha value is -3.85. The molecule has 3 amide bonds. The van der Waals surface area contributed by atoms with Crippen LogP contribution in [0.25, 0.3) is 11.1 Å². The molecule has 2 aromatic carbocycles. The van der Waals surface area contributed by atoms with Crippen molar-refractivity contribution in [3.8, 4) is 22.6 Å². The molecule has 1 aromatic heterocycles. The molecule has 0 aliphatic carbocycles. The molecule has 2 atom stereocenters. The summed E-state index contributed by atoms with van der Waals surface area (Å²) in [7, 11) is 0. The number of nitrogens with zero attached hydrogens (tertiary/aromatic N) is 1. The predicted molar refractivity (Wildman–Crippen MR) is 126 cm³/mol. The molecule has 3 aliphatic heterocycles. The Morgan fingerprint density at radius 1 is 1.06 bits per heavy atom. The Kier molecular flexibility index (Phi) is 4.99. The number of carbonyl (C=O) groups excluding carboxylic acids is 3. The molecule has 6 rings (SSSR count). The van der Waals surface area contributed by atoms with Crippen LogP contribution in [0.4, 0.5) is 5.69 Å². The van der Waals surface area contributed by atoms with Crippen LogP contribution in [-0.4, -0.2) is 48.0 Å². The van der Waals surface area contributed by atoms with E-state index in [1.165, 1.54) is 11.3 Å². The molecule has 172 valence electrons. The van der Waals surface area contributed by atoms with E-state index in [1.54, 1.807) is 17.0 Å². The fourth-order valence-corrected chi connectivity index (χ4v) is 5.34. The minimum Gasteiger partial charge on any atom is -0.454 e. The Morgan fingerprint density at radius 2 is 1.88 bits per heavy atom. The van der Waals surface area contributed by atoms with Gasteiger partial charge in [-0.1, -0.05) is 18.2 Å². The van der Waals surface area contributed by atoms with Crippen LogP contribution in [0.1, 0.15) is 32.9 Å². The van der Waals surface area contributed by atoms with Crippen molar-refractivity contribution >= 4 is 34.7 Å². The summed E-state index contributed by atoms with van der Waals surface area (Å²) in [6, 6.07) is 13.9. The van der Waals surface area contributed by atoms with Crippen LogP contribution >= 0.6 is 11.3 Å². The summed E-state index contributed by atoms with van der Waals surface area (Å²) in [5.74, 6) is 0.782. The number of thiophene rings is 1. The predicted octanol–water partition coefficient (Wildman–Crippen LogP) is 3.50. The fourth-order valence-electron chi connectivity index (χ4n) is 4.71. The average Bonchev–Trinajstić information content (AvgIpc) is 3.54. The van der Waals surface area contributed by atoms with Crippen LogP contribution in [-0.2, 0) is 4.79 Å². The van der Waals surface area contributed by atoms with Crippen molar-refractivity contribution in [2.75, 3.05) is 18.7 Å². The van der Waals surface area contributed by atoms with Gasteiger partial charge in [-0.3, -0.25) is 14.4 Å². The number of piperidine rings is 1. The van der Waals surface area contributed by atoms with Gasteiger partial charge in [-0.25, -0.2) is 0 Å². The van der Waals surface area contributed by atoms with Crippen LogP contribution in [0.3, 0.4) is 0 Å². The van der Waals surface area contributed by atoms with Gasteiger partial charge in [0.1, 0.15) is 6.04 Å². The van der Waals surface area contributed by atoms with Crippen molar-refractivity contribution in [3.05, 3.63) is 64.4 Å². The highest BCUT2D eigenvalue weighted by Crippen LogP contribution is 2.37. The van der Waals surface area contributed by atoms with E-state index in [4.69, 9.17) is 9.47 Å². The van der Waals surface area contributed by atoms with Crippen LogP contribution in [0.5, 0.6) is 11.5 Å². The average molecular weight is 476 g/mol. The number of anilines is 1. The Balaban J connectivity index is 1.25. The summed E-state index contributed by atoms with van der Waals surface area (Å²) in [4.78, 5) is 41.3. The topological polar surface area (TPSA) is 97.0 Å². The van der Waals surface area contributed by atoms with Crippen molar-refractivity contribution in [2.45, 2.75) is 24.9 Å². The van der Waals surface area contributed by atoms with Crippen LogP contribution in [0, 0.1) is 0 Å². The lowest BCUT2D eigenvalue weighted by Gasteiger charge is -2.37. The number of hydrogen-bond donors (Lipinski definition) is 2. The van der Waals surface area contributed by atoms with E-state index in [0.29, 0.717) is 47.0 Å². The van der Waals surface area contributed by atoms with Gasteiger partial charge in [0.2, 0.25) is 12.7 Å². The number of fused-ring (bicyclic) bond motifs is 3. The molecule has 3 aromatic rings. The molecule has 0 radical (unpaired) electrons. The van der Waals surface area contributed by atoms with E-state index in [0.717, 1.165) is 11.1 Å². The lowest BCUT2D eigenvalue weighted by Crippen LogP contribution is -2.54. The van der Waals surface area contributed by atoms with E-state index < -0.39 is 6.04 Å². The zero-order valence-electron chi connectivity index (χ0n) is 18.1. The molecule has 0 unspecified atom stereocenters. The highest BCUT2D eigenvalue weighted by molar-refractivity contribution is 7.12. The smallest absolute Gasteiger partial charge is 0.261 e. The molecule has 0 spiro atoms. The zero-order chi connectivity index (χ0) is 23.2. The van der Waals surface area contributed by atoms with Crippen LogP contribution in [0.2, 0.25) is 0 Å². The Labute approximate surface area is 199 Å². The third-order valence-corrected chi connectivity index (χ3v) is 7.33. The standard InChI is InChI=1S/C25H21N3O5S/c29-23-19-12-16(26-24(30)22-2-1-9-34-22)7-8-28(19)25(31)17-10-14(3-5-18(17)27-23)15-4-6-20-21(11-15)33-13-32-20/h1-6,9-11,16,19H,7-8,12-13H2,(H,26,30)(H,27,29)/t16-,19-/m0/s1. The van der Waals surface area contributed by atoms with Gasteiger partial charge in [0.15, 0.2) is 11.5 Å². The number of amides is 3. The maximum Gasteiger partial charge on any atom is 0.261 e. The van der Waals surface area contributed by atoms with E-state index in [9.17, 15) is 14.4 Å². The quantitative estimate of drug-likeness (QED) is 0.605. The first kappa shape index (κ1) is 20.7. The van der Waals surface area contributed by atoms with E-state index in [-0.39, 0.29) is 30.6 Å². The van der Waals surface area contributed by atoms with E-state index in [2.05, 4.69) is 10.6 Å². The van der Waals surface area contributed by atoms with E-state index in [1.807, 2.05) is 41.8 Å². The third-order valence-electron chi connectivity index (χ3n) is 6.46. The van der Waals surface area contributed by atoms with Gasteiger partial charge < -0.3 is 25.0 Å². The lowest BCUT2D eigenvalue weighted by molar-refractivity contribution is -0.121. The number of rotatable bonds is 3. The molecule has 34 heavy (non-hydrogen) atoms. The van der Waals surface area contributed by atoms with Crippen LogP contribution in [0.15, 0.2) is 53.9 Å². The molecule has 9 heteroatoms. The molecule has 2 N–H and O–H groups in total. The van der Waals surface area contributed by atoms with Crippen LogP contribution < -0.4 is 20.1 Å². The van der Waals surface area contributed by atoms with Crippen molar-refractivity contribution < 1.29 is 23.9 Å². The first-order valence-electron chi connectivity index (χ1n) is 11.1. The number of ether oxygens (including phenoxy) is 2. The largest absolute Gasteiger partial charge is 0.454 e. The van der Waals surface area contributed by atoms with E-state index >= 15 is 0 Å². The minimum absolute atomic E-state index is 0.148. The monoisotopic (exact) mass is 475 g/mol. The fraction of sp³-hybridized carbons (Fsp3) is 0.240. The molecular weight excluding hydrogens is 454 g/mol. The number of carbonyl (C=O) groups is 3. The van der Waals surface area contributed by atoms with Gasteiger partial charge in [0, 0.05) is 12.6 Å². The second kappa shape index (κ2) is 8.18. The van der Waals surface area contributed by atoms with Crippen molar-refractivity contribution in [1.82, 2.24) is 10.2 Å². The van der Waals surface area contributed by atoms with Crippen molar-refractivity contribution in [2.24, 2.45) is 0 Å². The first-order chi connectivity index (χ1) is 16.6. The normalized spacial score (nSPS) is 20.8. The summed E-state index contributed by atoms with van der Waals surface area (Å²) < 4.78 is 10.9. The number of benzene rings is 2. The molecule has 1 fully saturated rings. The summed E-state index contributed by atoms with van der Waals surface area (Å²) >= 11 is 1.37. The third kappa shape index (κ3) is 3.58. The Morgan fingerprint density at radius 3 is 2.74 bits per heavy atom. The van der Waals surface area contributed by atoms with Gasteiger partial charge in [0.25, 0.3) is 11.8 Å². The zero-order valence-corrected chi connectivity index (χ0v) is 18.9. The summed E-state index contributed by atoms with van der Waals surface area (Å²) in [5, 5.41) is 7.78. The van der Waals surface area contributed by atoms with Crippen molar-refractivity contribution in [1.29, 1.82) is 0 Å². The maximum absolute atomic E-state index is 13.5. The second-order valence-electron chi connectivity index (χ2n) is 8.50. The first-order valence-corrected chi connectivity index (χ1v) is 11.9. The summed E-state index contributed by atoms with van der Waals surface area (Å²) in [6.07, 6.45) is 0.960. The summed E-state index contributed by atoms with van der Waals surface area (Å²) in [6.45, 7) is 0.582.